The summed E-state index contributed by atoms with van der Waals surface area (Å²) in [5.41, 5.74) is 2.40. The van der Waals surface area contributed by atoms with Crippen molar-refractivity contribution < 1.29 is 28.3 Å². The molecule has 0 atom stereocenters. The smallest absolute Gasteiger partial charge is 0.328 e. The highest BCUT2D eigenvalue weighted by Crippen LogP contribution is 2.43. The molecule has 4 aromatic carbocycles. The lowest BCUT2D eigenvalue weighted by Gasteiger charge is -2.23. The Labute approximate surface area is 229 Å². The zero-order valence-corrected chi connectivity index (χ0v) is 21.2. The number of carboxylic acids is 1. The van der Waals surface area contributed by atoms with Gasteiger partial charge in [0.05, 0.1) is 5.69 Å². The van der Waals surface area contributed by atoms with E-state index in [1.165, 1.54) is 35.2 Å². The fourth-order valence-corrected chi connectivity index (χ4v) is 4.76. The minimum absolute atomic E-state index is 0.0123. The number of anilines is 2. The van der Waals surface area contributed by atoms with Gasteiger partial charge in [0, 0.05) is 47.0 Å². The van der Waals surface area contributed by atoms with E-state index in [9.17, 15) is 28.3 Å². The van der Waals surface area contributed by atoms with Gasteiger partial charge in [-0.1, -0.05) is 66.7 Å². The van der Waals surface area contributed by atoms with Crippen LogP contribution in [-0.2, 0) is 4.79 Å². The number of halogens is 2. The molecule has 0 saturated carbocycles. The van der Waals surface area contributed by atoms with Crippen LogP contribution in [-0.4, -0.2) is 35.4 Å². The summed E-state index contributed by atoms with van der Waals surface area (Å²) in [4.78, 5) is 39.1. The van der Waals surface area contributed by atoms with Crippen LogP contribution in [0.25, 0.3) is 16.7 Å². The second-order valence-corrected chi connectivity index (χ2v) is 9.27. The average molecular weight is 539 g/mol. The number of carboxylic acid groups (broad SMARTS) is 1. The van der Waals surface area contributed by atoms with E-state index in [0.717, 1.165) is 11.1 Å². The zero-order valence-electron chi connectivity index (χ0n) is 21.2. The number of carbonyl (C=O) groups excluding carboxylic acids is 2. The van der Waals surface area contributed by atoms with Gasteiger partial charge >= 0.3 is 5.97 Å². The maximum Gasteiger partial charge on any atom is 0.328 e. The van der Waals surface area contributed by atoms with E-state index in [1.54, 1.807) is 30.3 Å². The number of carbonyl (C=O) groups is 3. The van der Waals surface area contributed by atoms with Crippen LogP contribution in [0, 0.1) is 0 Å². The molecular weight excluding hydrogens is 514 g/mol. The number of hydrogen-bond donors (Lipinski definition) is 2. The Morgan fingerprint density at radius 1 is 0.800 bits per heavy atom. The van der Waals surface area contributed by atoms with Gasteiger partial charge in [-0.3, -0.25) is 9.59 Å². The van der Waals surface area contributed by atoms with Crippen LogP contribution in [0.3, 0.4) is 0 Å². The number of para-hydroxylation sites is 1. The number of benzene rings is 4. The van der Waals surface area contributed by atoms with Crippen molar-refractivity contribution in [2.45, 2.75) is 12.3 Å². The summed E-state index contributed by atoms with van der Waals surface area (Å²) < 4.78 is 29.9. The molecular formula is C32H24F2N2O4. The summed E-state index contributed by atoms with van der Waals surface area (Å²) in [6, 6.07) is 29.0. The normalized spacial score (nSPS) is 15.2. The number of aliphatic carboxylic acids is 1. The first-order chi connectivity index (χ1) is 19.2. The van der Waals surface area contributed by atoms with Gasteiger partial charge in [-0.25, -0.2) is 13.6 Å². The molecule has 0 saturated heterocycles. The predicted octanol–water partition coefficient (Wildman–Crippen LogP) is 6.76. The van der Waals surface area contributed by atoms with Gasteiger partial charge in [-0.2, -0.15) is 0 Å². The molecule has 0 unspecified atom stereocenters. The fraction of sp³-hybridized carbons (Fsp3) is 0.0938. The van der Waals surface area contributed by atoms with Crippen molar-refractivity contribution in [1.82, 2.24) is 0 Å². The van der Waals surface area contributed by atoms with E-state index >= 15 is 0 Å². The SMILES string of the molecule is O=C(O)/C=C1\c2ccccc2N(C(=O)c2ccc(NC(=O)c3ccccc3-c3ccccc3)cc2)CCC1(F)F. The number of nitrogens with one attached hydrogen (secondary N) is 1. The monoisotopic (exact) mass is 538 g/mol. The van der Waals surface area contributed by atoms with Crippen LogP contribution in [0.1, 0.15) is 32.7 Å². The molecule has 8 heteroatoms. The highest BCUT2D eigenvalue weighted by molar-refractivity contribution is 6.10. The van der Waals surface area contributed by atoms with Gasteiger partial charge in [0.2, 0.25) is 0 Å². The Bertz CT molecular complexity index is 1620. The summed E-state index contributed by atoms with van der Waals surface area (Å²) in [5, 5.41) is 12.0. The molecule has 0 aliphatic carbocycles. The third-order valence-electron chi connectivity index (χ3n) is 6.69. The van der Waals surface area contributed by atoms with E-state index in [-0.39, 0.29) is 29.3 Å². The largest absolute Gasteiger partial charge is 0.478 e. The maximum atomic E-state index is 14.9. The van der Waals surface area contributed by atoms with Crippen LogP contribution in [0.5, 0.6) is 0 Å². The highest BCUT2D eigenvalue weighted by atomic mass is 19.3. The van der Waals surface area contributed by atoms with Crippen LogP contribution in [0.15, 0.2) is 109 Å². The van der Waals surface area contributed by atoms with Gasteiger partial charge in [0.1, 0.15) is 0 Å². The van der Waals surface area contributed by atoms with Crippen molar-refractivity contribution in [2.24, 2.45) is 0 Å². The van der Waals surface area contributed by atoms with Crippen LogP contribution >= 0.6 is 0 Å². The summed E-state index contributed by atoms with van der Waals surface area (Å²) in [5.74, 6) is -5.77. The number of rotatable bonds is 5. The standard InChI is InChI=1S/C32H24F2N2O4/c33-32(34)18-19-36(28-13-7-6-12-26(28)27(32)20-29(37)38)31(40)22-14-16-23(17-15-22)35-30(39)25-11-5-4-10-24(25)21-8-2-1-3-9-21/h1-17,20H,18-19H2,(H,35,39)(H,37,38)/b27-20+. The average Bonchev–Trinajstić information content (AvgIpc) is 3.07. The molecule has 1 heterocycles. The molecule has 0 spiro atoms. The molecule has 0 bridgehead atoms. The molecule has 2 amide bonds. The van der Waals surface area contributed by atoms with E-state index in [1.807, 2.05) is 42.5 Å². The van der Waals surface area contributed by atoms with Crippen molar-refractivity contribution in [3.05, 3.63) is 126 Å². The van der Waals surface area contributed by atoms with Crippen LogP contribution < -0.4 is 10.2 Å². The van der Waals surface area contributed by atoms with Gasteiger partial charge < -0.3 is 15.3 Å². The molecule has 5 rings (SSSR count). The number of fused-ring (bicyclic) bond motifs is 1. The van der Waals surface area contributed by atoms with Crippen molar-refractivity contribution in [3.63, 3.8) is 0 Å². The van der Waals surface area contributed by atoms with Gasteiger partial charge in [-0.05, 0) is 47.5 Å². The minimum Gasteiger partial charge on any atom is -0.478 e. The molecule has 4 aromatic rings. The van der Waals surface area contributed by atoms with Crippen LogP contribution in [0.4, 0.5) is 20.2 Å². The maximum absolute atomic E-state index is 14.9. The molecule has 40 heavy (non-hydrogen) atoms. The van der Waals surface area contributed by atoms with E-state index in [4.69, 9.17) is 0 Å². The fourth-order valence-electron chi connectivity index (χ4n) is 4.76. The number of amides is 2. The molecule has 0 aromatic heterocycles. The first-order valence-corrected chi connectivity index (χ1v) is 12.5. The zero-order chi connectivity index (χ0) is 28.3. The van der Waals surface area contributed by atoms with E-state index < -0.39 is 29.8 Å². The third-order valence-corrected chi connectivity index (χ3v) is 6.69. The molecule has 6 nitrogen and oxygen atoms in total. The molecule has 1 aliphatic heterocycles. The second kappa shape index (κ2) is 10.9. The number of alkyl halides is 2. The lowest BCUT2D eigenvalue weighted by atomic mass is 9.97. The van der Waals surface area contributed by atoms with Crippen molar-refractivity contribution >= 4 is 34.7 Å². The lowest BCUT2D eigenvalue weighted by molar-refractivity contribution is -0.131. The van der Waals surface area contributed by atoms with Crippen molar-refractivity contribution in [1.29, 1.82) is 0 Å². The Balaban J connectivity index is 1.39. The lowest BCUT2D eigenvalue weighted by Crippen LogP contribution is -2.33. The van der Waals surface area contributed by atoms with Gasteiger partial charge in [0.15, 0.2) is 0 Å². The van der Waals surface area contributed by atoms with E-state index in [0.29, 0.717) is 17.3 Å². The molecule has 0 fully saturated rings. The number of hydrogen-bond acceptors (Lipinski definition) is 3. The van der Waals surface area contributed by atoms with Crippen molar-refractivity contribution in [3.8, 4) is 11.1 Å². The van der Waals surface area contributed by atoms with Gasteiger partial charge in [-0.15, -0.1) is 0 Å². The molecule has 0 radical (unpaired) electrons. The Morgan fingerprint density at radius 3 is 2.12 bits per heavy atom. The Kier molecular flexibility index (Phi) is 7.25. The second-order valence-electron chi connectivity index (χ2n) is 9.27. The third kappa shape index (κ3) is 5.37. The Morgan fingerprint density at radius 2 is 1.43 bits per heavy atom. The Hall–Kier alpha value is -5.11. The first-order valence-electron chi connectivity index (χ1n) is 12.5. The van der Waals surface area contributed by atoms with Gasteiger partial charge in [0.25, 0.3) is 17.7 Å². The highest BCUT2D eigenvalue weighted by Gasteiger charge is 2.41. The number of nitrogens with zero attached hydrogens (tertiary/aromatic N) is 1. The summed E-state index contributed by atoms with van der Waals surface area (Å²) in [6.45, 7) is -0.311. The van der Waals surface area contributed by atoms with Crippen LogP contribution in [0.2, 0.25) is 0 Å². The summed E-state index contributed by atoms with van der Waals surface area (Å²) in [6.07, 6.45) is -0.234. The molecule has 1 aliphatic rings. The summed E-state index contributed by atoms with van der Waals surface area (Å²) in [7, 11) is 0. The first kappa shape index (κ1) is 26.5. The molecule has 200 valence electrons. The quantitative estimate of drug-likeness (QED) is 0.275. The molecule has 2 N–H and O–H groups in total. The van der Waals surface area contributed by atoms with Crippen molar-refractivity contribution in [2.75, 3.05) is 16.8 Å². The topological polar surface area (TPSA) is 86.7 Å². The summed E-state index contributed by atoms with van der Waals surface area (Å²) >= 11 is 0. The van der Waals surface area contributed by atoms with E-state index in [2.05, 4.69) is 5.32 Å². The number of allylic oxidation sites excluding steroid dienone is 1. The minimum atomic E-state index is -3.44. The predicted molar refractivity (Wildman–Crippen MR) is 150 cm³/mol.